The second kappa shape index (κ2) is 7.43. The Morgan fingerprint density at radius 3 is 2.96 bits per heavy atom. The first-order valence-electron chi connectivity index (χ1n) is 7.81. The third kappa shape index (κ3) is 4.03. The first-order chi connectivity index (χ1) is 12.0. The summed E-state index contributed by atoms with van der Waals surface area (Å²) in [5, 5.41) is 6.89. The van der Waals surface area contributed by atoms with Gasteiger partial charge in [-0.1, -0.05) is 11.2 Å². The highest BCUT2D eigenvalue weighted by atomic mass is 32.1. The fourth-order valence-electron chi connectivity index (χ4n) is 2.18. The van der Waals surface area contributed by atoms with Crippen molar-refractivity contribution in [3.63, 3.8) is 0 Å². The highest BCUT2D eigenvalue weighted by molar-refractivity contribution is 7.08. The number of hydrogen-bond donors (Lipinski definition) is 1. The summed E-state index contributed by atoms with van der Waals surface area (Å²) in [4.78, 5) is 16.8. The molecule has 0 bridgehead atoms. The smallest absolute Gasteiger partial charge is 0.263 e. The van der Waals surface area contributed by atoms with E-state index < -0.39 is 0 Å². The number of carbonyl (C=O) groups excluding carboxylic acids is 1. The maximum atomic E-state index is 12.0. The van der Waals surface area contributed by atoms with Crippen LogP contribution in [0, 0.1) is 6.92 Å². The third-order valence-corrected chi connectivity index (χ3v) is 4.16. The van der Waals surface area contributed by atoms with Crippen LogP contribution >= 0.6 is 11.5 Å². The second-order valence-corrected chi connectivity index (χ2v) is 6.53. The van der Waals surface area contributed by atoms with Crippen molar-refractivity contribution in [2.24, 2.45) is 0 Å². The van der Waals surface area contributed by atoms with Gasteiger partial charge in [0.15, 0.2) is 0 Å². The molecule has 0 saturated carbocycles. The van der Waals surface area contributed by atoms with Crippen molar-refractivity contribution in [1.29, 1.82) is 0 Å². The van der Waals surface area contributed by atoms with E-state index in [-0.39, 0.29) is 18.6 Å². The lowest BCUT2D eigenvalue weighted by molar-refractivity contribution is 0.0947. The molecule has 0 aliphatic rings. The van der Waals surface area contributed by atoms with Crippen molar-refractivity contribution in [2.45, 2.75) is 33.4 Å². The van der Waals surface area contributed by atoms with Gasteiger partial charge < -0.3 is 14.6 Å². The van der Waals surface area contributed by atoms with Crippen molar-refractivity contribution in [2.75, 3.05) is 0 Å². The quantitative estimate of drug-likeness (QED) is 0.728. The fraction of sp³-hybridized carbons (Fsp3) is 0.294. The van der Waals surface area contributed by atoms with Gasteiger partial charge in [-0.15, -0.1) is 0 Å². The number of carbonyl (C=O) groups is 1. The van der Waals surface area contributed by atoms with Crippen LogP contribution in [0.2, 0.25) is 0 Å². The molecule has 1 amide bonds. The monoisotopic (exact) mass is 358 g/mol. The van der Waals surface area contributed by atoms with E-state index in [4.69, 9.17) is 9.26 Å². The molecule has 0 spiro atoms. The molecular formula is C17H18N4O3S. The molecule has 8 heteroatoms. The molecule has 0 unspecified atom stereocenters. The number of pyridine rings is 1. The van der Waals surface area contributed by atoms with Crippen LogP contribution in [0.25, 0.3) is 11.4 Å². The van der Waals surface area contributed by atoms with Crippen molar-refractivity contribution < 1.29 is 14.1 Å². The highest BCUT2D eigenvalue weighted by Gasteiger charge is 2.18. The summed E-state index contributed by atoms with van der Waals surface area (Å²) < 4.78 is 15.2. The molecule has 25 heavy (non-hydrogen) atoms. The first-order valence-corrected chi connectivity index (χ1v) is 8.59. The van der Waals surface area contributed by atoms with Crippen LogP contribution in [0.15, 0.2) is 35.0 Å². The van der Waals surface area contributed by atoms with Gasteiger partial charge >= 0.3 is 0 Å². The normalized spacial score (nSPS) is 10.9. The maximum Gasteiger partial charge on any atom is 0.263 e. The zero-order valence-corrected chi connectivity index (χ0v) is 15.0. The van der Waals surface area contributed by atoms with Crippen LogP contribution in [-0.4, -0.2) is 26.5 Å². The summed E-state index contributed by atoms with van der Waals surface area (Å²) in [6.45, 7) is 5.87. The standard InChI is InChI=1S/C17H18N4O3S/c1-10(2)19-17(22)14-8-15(21-25-14)23-9-12-11(3)24-20-16(12)13-6-4-5-7-18-13/h4-8,10H,9H2,1-3H3,(H,19,22). The molecule has 3 aromatic heterocycles. The minimum absolute atomic E-state index is 0.0690. The van der Waals surface area contributed by atoms with Gasteiger partial charge in [-0.3, -0.25) is 9.78 Å². The Labute approximate surface area is 149 Å². The lowest BCUT2D eigenvalue weighted by Crippen LogP contribution is -2.29. The first kappa shape index (κ1) is 17.1. The lowest BCUT2D eigenvalue weighted by Gasteiger charge is -2.05. The van der Waals surface area contributed by atoms with E-state index in [9.17, 15) is 4.79 Å². The predicted octanol–water partition coefficient (Wildman–Crippen LogP) is 3.22. The van der Waals surface area contributed by atoms with E-state index in [1.807, 2.05) is 39.0 Å². The average Bonchev–Trinajstić information content (AvgIpc) is 3.20. The van der Waals surface area contributed by atoms with E-state index >= 15 is 0 Å². The SMILES string of the molecule is Cc1onc(-c2ccccn2)c1COc1cc(C(=O)NC(C)C)sn1. The molecule has 130 valence electrons. The molecule has 3 rings (SSSR count). The van der Waals surface area contributed by atoms with E-state index in [0.29, 0.717) is 27.9 Å². The van der Waals surface area contributed by atoms with Gasteiger partial charge in [-0.25, -0.2) is 0 Å². The molecule has 0 aliphatic carbocycles. The van der Waals surface area contributed by atoms with Crippen molar-refractivity contribution in [3.8, 4) is 17.3 Å². The van der Waals surface area contributed by atoms with E-state index in [1.165, 1.54) is 0 Å². The van der Waals surface area contributed by atoms with Gasteiger partial charge in [-0.05, 0) is 44.4 Å². The molecule has 0 saturated heterocycles. The Hall–Kier alpha value is -2.74. The third-order valence-electron chi connectivity index (χ3n) is 3.39. The Bertz CT molecular complexity index is 858. The number of aromatic nitrogens is 3. The van der Waals surface area contributed by atoms with Gasteiger partial charge in [0.1, 0.15) is 22.9 Å². The summed E-state index contributed by atoms with van der Waals surface area (Å²) in [5.74, 6) is 0.901. The van der Waals surface area contributed by atoms with Crippen molar-refractivity contribution >= 4 is 17.4 Å². The number of nitrogens with one attached hydrogen (secondary N) is 1. The number of rotatable bonds is 6. The van der Waals surface area contributed by atoms with Crippen LogP contribution in [0.4, 0.5) is 0 Å². The highest BCUT2D eigenvalue weighted by Crippen LogP contribution is 2.25. The molecule has 0 atom stereocenters. The summed E-state index contributed by atoms with van der Waals surface area (Å²) in [6.07, 6.45) is 1.70. The molecule has 0 aromatic carbocycles. The van der Waals surface area contributed by atoms with E-state index in [2.05, 4.69) is 19.8 Å². The number of ether oxygens (including phenoxy) is 1. The summed E-state index contributed by atoms with van der Waals surface area (Å²) in [7, 11) is 0. The number of amides is 1. The molecule has 0 fully saturated rings. The number of nitrogens with zero attached hydrogens (tertiary/aromatic N) is 3. The summed E-state index contributed by atoms with van der Waals surface area (Å²) >= 11 is 1.10. The van der Waals surface area contributed by atoms with Crippen LogP contribution in [0.3, 0.4) is 0 Å². The van der Waals surface area contributed by atoms with Gasteiger partial charge in [0.2, 0.25) is 5.88 Å². The van der Waals surface area contributed by atoms with Gasteiger partial charge in [0.25, 0.3) is 5.91 Å². The van der Waals surface area contributed by atoms with Gasteiger partial charge in [-0.2, -0.15) is 4.37 Å². The van der Waals surface area contributed by atoms with Crippen molar-refractivity contribution in [1.82, 2.24) is 19.8 Å². The molecule has 3 heterocycles. The topological polar surface area (TPSA) is 90.1 Å². The van der Waals surface area contributed by atoms with Gasteiger partial charge in [0, 0.05) is 18.3 Å². The lowest BCUT2D eigenvalue weighted by atomic mass is 10.1. The Balaban J connectivity index is 1.72. The Kier molecular flexibility index (Phi) is 5.08. The van der Waals surface area contributed by atoms with Gasteiger partial charge in [0.05, 0.1) is 11.3 Å². The minimum atomic E-state index is -0.155. The van der Waals surface area contributed by atoms with E-state index in [1.54, 1.807) is 12.3 Å². The van der Waals surface area contributed by atoms with E-state index in [0.717, 1.165) is 17.1 Å². The number of aryl methyl sites for hydroxylation is 1. The number of hydrogen-bond acceptors (Lipinski definition) is 7. The van der Waals surface area contributed by atoms with Crippen LogP contribution in [0.1, 0.15) is 34.8 Å². The Morgan fingerprint density at radius 1 is 1.40 bits per heavy atom. The Morgan fingerprint density at radius 2 is 2.24 bits per heavy atom. The molecule has 3 aromatic rings. The molecule has 0 aliphatic heterocycles. The fourth-order valence-corrected chi connectivity index (χ4v) is 2.77. The average molecular weight is 358 g/mol. The summed E-state index contributed by atoms with van der Waals surface area (Å²) in [5.41, 5.74) is 2.17. The molecule has 7 nitrogen and oxygen atoms in total. The van der Waals surface area contributed by atoms with Crippen LogP contribution in [0.5, 0.6) is 5.88 Å². The zero-order chi connectivity index (χ0) is 17.8. The maximum absolute atomic E-state index is 12.0. The zero-order valence-electron chi connectivity index (χ0n) is 14.1. The van der Waals surface area contributed by atoms with Crippen LogP contribution in [-0.2, 0) is 6.61 Å². The largest absolute Gasteiger partial charge is 0.472 e. The minimum Gasteiger partial charge on any atom is -0.472 e. The van der Waals surface area contributed by atoms with Crippen LogP contribution < -0.4 is 10.1 Å². The predicted molar refractivity (Wildman–Crippen MR) is 93.5 cm³/mol. The second-order valence-electron chi connectivity index (χ2n) is 5.73. The molecular weight excluding hydrogens is 340 g/mol. The van der Waals surface area contributed by atoms with Crippen molar-refractivity contribution in [3.05, 3.63) is 46.7 Å². The molecule has 1 N–H and O–H groups in total. The summed E-state index contributed by atoms with van der Waals surface area (Å²) in [6, 6.07) is 7.28. The molecule has 0 radical (unpaired) electrons.